The molecule has 0 aliphatic rings. The van der Waals surface area contributed by atoms with Gasteiger partial charge in [0.2, 0.25) is 0 Å². The van der Waals surface area contributed by atoms with E-state index in [-0.39, 0.29) is 5.56 Å². The molecule has 2 aromatic heterocycles. The van der Waals surface area contributed by atoms with Crippen molar-refractivity contribution in [2.75, 3.05) is 0 Å². The second-order valence-corrected chi connectivity index (χ2v) is 4.70. The van der Waals surface area contributed by atoms with Gasteiger partial charge in [-0.25, -0.2) is 0 Å². The highest BCUT2D eigenvalue weighted by molar-refractivity contribution is 6.00. The third-order valence-corrected chi connectivity index (χ3v) is 3.19. The number of rotatable bonds is 5. The summed E-state index contributed by atoms with van der Waals surface area (Å²) >= 11 is 0. The summed E-state index contributed by atoms with van der Waals surface area (Å²) in [5.41, 5.74) is 1.49. The van der Waals surface area contributed by atoms with E-state index in [1.165, 1.54) is 18.5 Å². The molecule has 0 radical (unpaired) electrons. The lowest BCUT2D eigenvalue weighted by molar-refractivity contribution is -0.0885. The molecule has 0 spiro atoms. The van der Waals surface area contributed by atoms with Crippen molar-refractivity contribution >= 4 is 5.78 Å². The number of hydrogen-bond acceptors (Lipinski definition) is 2. The molecule has 0 bridgehead atoms. The van der Waals surface area contributed by atoms with E-state index in [1.807, 2.05) is 24.6 Å². The van der Waals surface area contributed by atoms with Gasteiger partial charge in [0, 0.05) is 24.5 Å². The maximum absolute atomic E-state index is 12.4. The van der Waals surface area contributed by atoms with Crippen LogP contribution in [-0.2, 0) is 19.5 Å². The van der Waals surface area contributed by atoms with Crippen LogP contribution in [0.25, 0.3) is 0 Å². The first-order chi connectivity index (χ1) is 9.85. The number of hydrogen-bond donors (Lipinski definition) is 0. The van der Waals surface area contributed by atoms with Crippen molar-refractivity contribution < 1.29 is 18.0 Å². The van der Waals surface area contributed by atoms with Gasteiger partial charge < -0.3 is 4.57 Å². The first kappa shape index (κ1) is 15.3. The number of ketones is 1. The average molecular weight is 299 g/mol. The Kier molecular flexibility index (Phi) is 4.20. The Labute approximate surface area is 120 Å². The van der Waals surface area contributed by atoms with Crippen LogP contribution in [0.15, 0.2) is 24.5 Å². The summed E-state index contributed by atoms with van der Waals surface area (Å²) in [5.74, 6) is -1.82. The second kappa shape index (κ2) is 5.75. The standard InChI is InChI=1S/C14H16F3N3O/c1-3-11-7-12(20(4-2)18-11)9-19-6-5-10(8-19)13(21)14(15,16)17/h5-8H,3-4,9H2,1-2H3. The summed E-state index contributed by atoms with van der Waals surface area (Å²) in [6.07, 6.45) is -1.36. The maximum Gasteiger partial charge on any atom is 0.454 e. The van der Waals surface area contributed by atoms with E-state index >= 15 is 0 Å². The lowest BCUT2D eigenvalue weighted by Gasteiger charge is -2.06. The number of nitrogens with zero attached hydrogens (tertiary/aromatic N) is 3. The van der Waals surface area contributed by atoms with Crippen LogP contribution in [0.1, 0.15) is 35.6 Å². The predicted molar refractivity (Wildman–Crippen MR) is 71.2 cm³/mol. The molecule has 0 aliphatic carbocycles. The van der Waals surface area contributed by atoms with Crippen LogP contribution in [0.2, 0.25) is 0 Å². The Bertz CT molecular complexity index is 640. The van der Waals surface area contributed by atoms with Crippen LogP contribution in [0.4, 0.5) is 13.2 Å². The summed E-state index contributed by atoms with van der Waals surface area (Å²) < 4.78 is 40.5. The second-order valence-electron chi connectivity index (χ2n) is 4.70. The van der Waals surface area contributed by atoms with Crippen molar-refractivity contribution in [2.45, 2.75) is 39.5 Å². The van der Waals surface area contributed by atoms with Crippen molar-refractivity contribution in [3.8, 4) is 0 Å². The third-order valence-electron chi connectivity index (χ3n) is 3.19. The van der Waals surface area contributed by atoms with E-state index in [9.17, 15) is 18.0 Å². The zero-order valence-corrected chi connectivity index (χ0v) is 11.8. The van der Waals surface area contributed by atoms with E-state index in [0.717, 1.165) is 17.8 Å². The molecule has 0 saturated heterocycles. The lowest BCUT2D eigenvalue weighted by Crippen LogP contribution is -2.22. The maximum atomic E-state index is 12.4. The van der Waals surface area contributed by atoms with Crippen LogP contribution in [0, 0.1) is 0 Å². The highest BCUT2D eigenvalue weighted by atomic mass is 19.4. The minimum atomic E-state index is -4.84. The monoisotopic (exact) mass is 299 g/mol. The number of Topliss-reactive ketones (excluding diaryl/α,β-unsaturated/α-hetero) is 1. The topological polar surface area (TPSA) is 39.8 Å². The first-order valence-corrected chi connectivity index (χ1v) is 6.68. The largest absolute Gasteiger partial charge is 0.454 e. The Morgan fingerprint density at radius 1 is 1.33 bits per heavy atom. The lowest BCUT2D eigenvalue weighted by atomic mass is 10.2. The molecule has 4 nitrogen and oxygen atoms in total. The number of carbonyl (C=O) groups excluding carboxylic acids is 1. The van der Waals surface area contributed by atoms with Gasteiger partial charge in [-0.2, -0.15) is 18.3 Å². The fraction of sp³-hybridized carbons (Fsp3) is 0.429. The van der Waals surface area contributed by atoms with Crippen molar-refractivity contribution in [3.63, 3.8) is 0 Å². The van der Waals surface area contributed by atoms with Gasteiger partial charge in [0.25, 0.3) is 5.78 Å². The van der Waals surface area contributed by atoms with Gasteiger partial charge in [-0.15, -0.1) is 0 Å². The summed E-state index contributed by atoms with van der Waals surface area (Å²) in [7, 11) is 0. The number of aromatic nitrogens is 3. The predicted octanol–water partition coefficient (Wildman–Crippen LogP) is 3.06. The minimum Gasteiger partial charge on any atom is -0.348 e. The molecule has 0 saturated carbocycles. The number of carbonyl (C=O) groups is 1. The van der Waals surface area contributed by atoms with Crippen LogP contribution >= 0.6 is 0 Å². The van der Waals surface area contributed by atoms with Crippen LogP contribution in [0.5, 0.6) is 0 Å². The molecule has 21 heavy (non-hydrogen) atoms. The fourth-order valence-corrected chi connectivity index (χ4v) is 2.11. The van der Waals surface area contributed by atoms with E-state index in [2.05, 4.69) is 5.10 Å². The van der Waals surface area contributed by atoms with Crippen molar-refractivity contribution in [1.29, 1.82) is 0 Å². The van der Waals surface area contributed by atoms with Crippen molar-refractivity contribution in [2.24, 2.45) is 0 Å². The van der Waals surface area contributed by atoms with Gasteiger partial charge in [0.15, 0.2) is 0 Å². The van der Waals surface area contributed by atoms with Gasteiger partial charge in [-0.1, -0.05) is 6.92 Å². The van der Waals surface area contributed by atoms with E-state index in [4.69, 9.17) is 0 Å². The van der Waals surface area contributed by atoms with Gasteiger partial charge in [0.1, 0.15) is 0 Å². The molecule has 2 rings (SSSR count). The molecule has 0 amide bonds. The normalized spacial score (nSPS) is 11.9. The van der Waals surface area contributed by atoms with E-state index in [0.29, 0.717) is 13.1 Å². The van der Waals surface area contributed by atoms with Gasteiger partial charge in [0.05, 0.1) is 17.9 Å². The number of alkyl halides is 3. The highest BCUT2D eigenvalue weighted by Crippen LogP contribution is 2.21. The molecule has 0 atom stereocenters. The van der Waals surface area contributed by atoms with E-state index < -0.39 is 12.0 Å². The average Bonchev–Trinajstić information content (AvgIpc) is 3.03. The molecule has 0 aromatic carbocycles. The minimum absolute atomic E-state index is 0.347. The third kappa shape index (κ3) is 3.34. The van der Waals surface area contributed by atoms with Crippen LogP contribution in [-0.4, -0.2) is 26.3 Å². The molecule has 0 fully saturated rings. The quantitative estimate of drug-likeness (QED) is 0.796. The van der Waals surface area contributed by atoms with Crippen LogP contribution in [0.3, 0.4) is 0 Å². The molecule has 7 heteroatoms. The zero-order chi connectivity index (χ0) is 15.6. The number of aryl methyl sites for hydroxylation is 2. The fourth-order valence-electron chi connectivity index (χ4n) is 2.11. The molecule has 0 unspecified atom stereocenters. The molecule has 2 heterocycles. The number of halogens is 3. The summed E-state index contributed by atoms with van der Waals surface area (Å²) in [6.45, 7) is 5.00. The molecule has 2 aromatic rings. The molecule has 114 valence electrons. The summed E-state index contributed by atoms with van der Waals surface area (Å²) in [4.78, 5) is 11.1. The van der Waals surface area contributed by atoms with Crippen molar-refractivity contribution in [1.82, 2.24) is 14.3 Å². The molecule has 0 N–H and O–H groups in total. The summed E-state index contributed by atoms with van der Waals surface area (Å²) in [6, 6.07) is 3.11. The summed E-state index contributed by atoms with van der Waals surface area (Å²) in [5, 5.41) is 4.38. The van der Waals surface area contributed by atoms with Gasteiger partial charge in [-0.05, 0) is 25.5 Å². The van der Waals surface area contributed by atoms with Crippen LogP contribution < -0.4 is 0 Å². The zero-order valence-electron chi connectivity index (χ0n) is 11.8. The smallest absolute Gasteiger partial charge is 0.348 e. The molecule has 0 aliphatic heterocycles. The van der Waals surface area contributed by atoms with Crippen molar-refractivity contribution in [3.05, 3.63) is 41.5 Å². The van der Waals surface area contributed by atoms with E-state index in [1.54, 1.807) is 4.57 Å². The Morgan fingerprint density at radius 2 is 2.05 bits per heavy atom. The molecular formula is C14H16F3N3O. The molecular weight excluding hydrogens is 283 g/mol. The Hall–Kier alpha value is -2.05. The Morgan fingerprint density at radius 3 is 2.62 bits per heavy atom. The highest BCUT2D eigenvalue weighted by Gasteiger charge is 2.39. The first-order valence-electron chi connectivity index (χ1n) is 6.68. The van der Waals surface area contributed by atoms with Gasteiger partial charge in [-0.3, -0.25) is 9.48 Å². The Balaban J connectivity index is 2.20. The SMILES string of the molecule is CCc1cc(Cn2ccc(C(=O)C(F)(F)F)c2)n(CC)n1. The van der Waals surface area contributed by atoms with Gasteiger partial charge >= 0.3 is 6.18 Å².